The van der Waals surface area contributed by atoms with Crippen LogP contribution in [-0.4, -0.2) is 25.2 Å². The number of halogens is 5. The van der Waals surface area contributed by atoms with Gasteiger partial charge in [-0.2, -0.15) is 13.2 Å². The van der Waals surface area contributed by atoms with Gasteiger partial charge in [0.15, 0.2) is 0 Å². The van der Waals surface area contributed by atoms with Gasteiger partial charge in [-0.25, -0.2) is 0 Å². The molecule has 2 aliphatic rings. The fourth-order valence-electron chi connectivity index (χ4n) is 4.38. The Morgan fingerprint density at radius 3 is 2.66 bits per heavy atom. The van der Waals surface area contributed by atoms with Crippen LogP contribution >= 0.6 is 23.2 Å². The molecule has 0 radical (unpaired) electrons. The van der Waals surface area contributed by atoms with E-state index in [2.05, 4.69) is 41.8 Å². The number of nitrogens with zero attached hydrogens (tertiary/aromatic N) is 1. The van der Waals surface area contributed by atoms with E-state index in [0.29, 0.717) is 29.6 Å². The molecule has 184 valence electrons. The van der Waals surface area contributed by atoms with Crippen molar-refractivity contribution in [3.63, 3.8) is 0 Å². The van der Waals surface area contributed by atoms with Crippen molar-refractivity contribution in [3.8, 4) is 0 Å². The van der Waals surface area contributed by atoms with E-state index in [9.17, 15) is 18.0 Å². The molecule has 1 heterocycles. The first-order valence-corrected chi connectivity index (χ1v) is 12.0. The second kappa shape index (κ2) is 10.5. The molecule has 2 aromatic rings. The summed E-state index contributed by atoms with van der Waals surface area (Å²) in [6.45, 7) is 3.13. The molecule has 9 heteroatoms. The third-order valence-electron chi connectivity index (χ3n) is 6.13. The van der Waals surface area contributed by atoms with Gasteiger partial charge in [-0.15, -0.1) is 0 Å². The topological polar surface area (TPSA) is 44.4 Å². The number of nitrogens with one attached hydrogen (secondary N) is 2. The van der Waals surface area contributed by atoms with Crippen molar-refractivity contribution in [3.05, 3.63) is 81.4 Å². The maximum absolute atomic E-state index is 13.0. The van der Waals surface area contributed by atoms with Crippen LogP contribution in [0.25, 0.3) is 0 Å². The fourth-order valence-corrected chi connectivity index (χ4v) is 4.90. The van der Waals surface area contributed by atoms with E-state index in [1.54, 1.807) is 12.1 Å². The number of hydrogen-bond acceptors (Lipinski definition) is 3. The molecule has 0 aromatic heterocycles. The van der Waals surface area contributed by atoms with E-state index in [1.165, 1.54) is 17.2 Å². The van der Waals surface area contributed by atoms with Crippen LogP contribution in [0, 0.1) is 18.1 Å². The SMILES string of the molecule is CC1=CCCC(CNC2CC(C(=O)Nc3c#cc(C(F)(F)F)cc3)CN2c2ccc(Cl)cc2Cl)=C1. The molecule has 0 spiro atoms. The zero-order chi connectivity index (χ0) is 25.2. The van der Waals surface area contributed by atoms with Crippen LogP contribution in [0.4, 0.5) is 24.5 Å². The summed E-state index contributed by atoms with van der Waals surface area (Å²) < 4.78 is 38.4. The molecule has 2 aromatic carbocycles. The van der Waals surface area contributed by atoms with Crippen LogP contribution in [0.3, 0.4) is 0 Å². The van der Waals surface area contributed by atoms with Gasteiger partial charge in [0, 0.05) is 18.1 Å². The van der Waals surface area contributed by atoms with Gasteiger partial charge in [0.2, 0.25) is 5.91 Å². The number of alkyl halides is 3. The number of benzene rings is 1. The van der Waals surface area contributed by atoms with Gasteiger partial charge < -0.3 is 10.2 Å². The second-order valence-corrected chi connectivity index (χ2v) is 9.61. The predicted molar refractivity (Wildman–Crippen MR) is 133 cm³/mol. The number of carbonyl (C=O) groups excluding carboxylic acids is 1. The maximum Gasteiger partial charge on any atom is 0.424 e. The van der Waals surface area contributed by atoms with Crippen molar-refractivity contribution in [1.82, 2.24) is 5.32 Å². The molecule has 4 nitrogen and oxygen atoms in total. The lowest BCUT2D eigenvalue weighted by atomic mass is 10.00. The summed E-state index contributed by atoms with van der Waals surface area (Å²) in [7, 11) is 0. The van der Waals surface area contributed by atoms with E-state index in [-0.39, 0.29) is 17.8 Å². The van der Waals surface area contributed by atoms with Gasteiger partial charge >= 0.3 is 6.18 Å². The summed E-state index contributed by atoms with van der Waals surface area (Å²) in [5, 5.41) is 7.22. The monoisotopic (exact) mass is 521 g/mol. The van der Waals surface area contributed by atoms with Crippen molar-refractivity contribution in [2.24, 2.45) is 5.92 Å². The molecule has 2 atom stereocenters. The first kappa shape index (κ1) is 25.4. The summed E-state index contributed by atoms with van der Waals surface area (Å²) in [5.41, 5.74) is 2.48. The molecule has 1 fully saturated rings. The normalized spacial score (nSPS) is 20.2. The highest BCUT2D eigenvalue weighted by Gasteiger charge is 2.37. The number of carbonyl (C=O) groups is 1. The Bertz CT molecular complexity index is 1150. The third-order valence-corrected chi connectivity index (χ3v) is 6.67. The highest BCUT2D eigenvalue weighted by atomic mass is 35.5. The third kappa shape index (κ3) is 6.32. The van der Waals surface area contributed by atoms with Crippen molar-refractivity contribution in [2.45, 2.75) is 38.5 Å². The van der Waals surface area contributed by atoms with Crippen molar-refractivity contribution in [2.75, 3.05) is 23.3 Å². The van der Waals surface area contributed by atoms with Crippen LogP contribution in [0.2, 0.25) is 10.0 Å². The van der Waals surface area contributed by atoms with Gasteiger partial charge in [-0.05, 0) is 62.6 Å². The highest BCUT2D eigenvalue weighted by molar-refractivity contribution is 6.36. The quantitative estimate of drug-likeness (QED) is 0.446. The molecule has 2 unspecified atom stereocenters. The molecule has 35 heavy (non-hydrogen) atoms. The van der Waals surface area contributed by atoms with Crippen molar-refractivity contribution >= 4 is 40.5 Å². The Kier molecular flexibility index (Phi) is 7.65. The van der Waals surface area contributed by atoms with Crippen molar-refractivity contribution in [1.29, 1.82) is 0 Å². The zero-order valence-corrected chi connectivity index (χ0v) is 20.5. The molecular weight excluding hydrogens is 498 g/mol. The number of rotatable bonds is 6. The number of allylic oxidation sites excluding steroid dienone is 3. The fraction of sp³-hybridized carbons (Fsp3) is 0.346. The lowest BCUT2D eigenvalue weighted by molar-refractivity contribution is -0.137. The molecule has 1 aliphatic carbocycles. The summed E-state index contributed by atoms with van der Waals surface area (Å²) in [6, 6.07) is 11.7. The number of anilines is 2. The average molecular weight is 522 g/mol. The van der Waals surface area contributed by atoms with Crippen molar-refractivity contribution < 1.29 is 18.0 Å². The molecule has 0 saturated carbocycles. The van der Waals surface area contributed by atoms with E-state index < -0.39 is 17.7 Å². The molecule has 4 rings (SSSR count). The van der Waals surface area contributed by atoms with E-state index in [1.807, 2.05) is 11.0 Å². The minimum absolute atomic E-state index is 0.144. The van der Waals surface area contributed by atoms with Gasteiger partial charge in [-0.3, -0.25) is 10.1 Å². The van der Waals surface area contributed by atoms with Crippen LogP contribution in [0.5, 0.6) is 0 Å². The molecular formula is C26H24Cl2F3N3O. The summed E-state index contributed by atoms with van der Waals surface area (Å²) in [6.07, 6.45) is 2.17. The summed E-state index contributed by atoms with van der Waals surface area (Å²) in [4.78, 5) is 15.1. The zero-order valence-electron chi connectivity index (χ0n) is 19.0. The second-order valence-electron chi connectivity index (χ2n) is 8.76. The largest absolute Gasteiger partial charge is 0.424 e. The Hall–Kier alpha value is -2.66. The Labute approximate surface area is 212 Å². The Morgan fingerprint density at radius 2 is 2.00 bits per heavy atom. The van der Waals surface area contributed by atoms with Crippen LogP contribution < -0.4 is 15.5 Å². The summed E-state index contributed by atoms with van der Waals surface area (Å²) >= 11 is 12.5. The summed E-state index contributed by atoms with van der Waals surface area (Å²) in [5.74, 6) is -0.721. The minimum Gasteiger partial charge on any atom is -0.354 e. The van der Waals surface area contributed by atoms with E-state index in [0.717, 1.165) is 24.6 Å². The molecule has 1 saturated heterocycles. The van der Waals surface area contributed by atoms with Gasteiger partial charge in [-0.1, -0.05) is 52.6 Å². The highest BCUT2D eigenvalue weighted by Crippen LogP contribution is 2.35. The number of amides is 1. The molecule has 2 N–H and O–H groups in total. The standard InChI is InChI=1S/C26H24Cl2F3N3O/c1-16-3-2-4-17(11-16)14-32-24-12-18(15-34(24)23-10-7-20(27)13-22(23)28)25(35)33-21-8-5-19(6-9-21)26(29,30)31/h3,5,7-8,10-11,13,18,24,32H,2,4,12,14-15H2,1H3,(H,33,35). The molecule has 1 amide bonds. The number of hydrogen-bond donors (Lipinski definition) is 2. The van der Waals surface area contributed by atoms with E-state index >= 15 is 0 Å². The molecule has 0 bridgehead atoms. The van der Waals surface area contributed by atoms with Crippen LogP contribution in [-0.2, 0) is 11.0 Å². The van der Waals surface area contributed by atoms with Gasteiger partial charge in [0.25, 0.3) is 0 Å². The Morgan fingerprint density at radius 1 is 1.20 bits per heavy atom. The molecule has 1 aliphatic heterocycles. The maximum atomic E-state index is 13.0. The van der Waals surface area contributed by atoms with Gasteiger partial charge in [0.05, 0.1) is 28.5 Å². The first-order chi connectivity index (χ1) is 16.6. The Balaban J connectivity index is 1.49. The predicted octanol–water partition coefficient (Wildman–Crippen LogP) is 6.66. The smallest absolute Gasteiger partial charge is 0.354 e. The lowest BCUT2D eigenvalue weighted by Crippen LogP contribution is -2.42. The van der Waals surface area contributed by atoms with E-state index in [4.69, 9.17) is 23.2 Å². The first-order valence-electron chi connectivity index (χ1n) is 11.2. The van der Waals surface area contributed by atoms with Crippen LogP contribution in [0.15, 0.2) is 53.6 Å². The minimum atomic E-state index is -4.51. The lowest BCUT2D eigenvalue weighted by Gasteiger charge is -2.29. The van der Waals surface area contributed by atoms with Crippen LogP contribution in [0.1, 0.15) is 31.7 Å². The van der Waals surface area contributed by atoms with Gasteiger partial charge in [0.1, 0.15) is 5.56 Å². The average Bonchev–Trinajstić information content (AvgIpc) is 3.22.